The Labute approximate surface area is 113 Å². The van der Waals surface area contributed by atoms with Gasteiger partial charge in [-0.1, -0.05) is 12.2 Å². The van der Waals surface area contributed by atoms with E-state index >= 15 is 0 Å². The van der Waals surface area contributed by atoms with Gasteiger partial charge < -0.3 is 5.11 Å². The smallest absolute Gasteiger partial charge is 0.335 e. The molecular weight excluding hydrogens is 266 g/mol. The minimum Gasteiger partial charge on any atom is -0.478 e. The summed E-state index contributed by atoms with van der Waals surface area (Å²) in [5, 5.41) is 8.98. The second-order valence-corrected chi connectivity index (χ2v) is 5.88. The van der Waals surface area contributed by atoms with Gasteiger partial charge in [-0.15, -0.1) is 0 Å². The topological polar surface area (TPSA) is 83.5 Å². The Bertz CT molecular complexity index is 618. The average Bonchev–Trinajstić information content (AvgIpc) is 2.32. The number of carboxylic acid groups (broad SMARTS) is 1. The Morgan fingerprint density at radius 1 is 1.37 bits per heavy atom. The molecule has 0 bridgehead atoms. The Kier molecular flexibility index (Phi) is 4.85. The fourth-order valence-electron chi connectivity index (χ4n) is 1.58. The van der Waals surface area contributed by atoms with E-state index in [0.29, 0.717) is 11.1 Å². The lowest BCUT2D eigenvalue weighted by Gasteiger charge is -2.11. The Balaban J connectivity index is 3.29. The first-order valence-corrected chi connectivity index (χ1v) is 7.23. The molecule has 1 rings (SSSR count). The van der Waals surface area contributed by atoms with Crippen molar-refractivity contribution in [2.24, 2.45) is 0 Å². The van der Waals surface area contributed by atoms with Gasteiger partial charge in [0.1, 0.15) is 0 Å². The van der Waals surface area contributed by atoms with Gasteiger partial charge >= 0.3 is 5.97 Å². The standard InChI is InChI=1S/C13H17NO4S/c1-4-5-6-14-19(17,18)12-8-11(13(15)16)7-9(2)10(12)3/h4-5,7-8,14H,6H2,1-3H3,(H,15,16)/b5-4+. The van der Waals surface area contributed by atoms with Crippen LogP contribution in [0.4, 0.5) is 0 Å². The number of aryl methyl sites for hydroxylation is 1. The highest BCUT2D eigenvalue weighted by Gasteiger charge is 2.19. The van der Waals surface area contributed by atoms with E-state index < -0.39 is 16.0 Å². The lowest BCUT2D eigenvalue weighted by atomic mass is 10.1. The van der Waals surface area contributed by atoms with Gasteiger partial charge in [0, 0.05) is 6.54 Å². The van der Waals surface area contributed by atoms with E-state index in [0.717, 1.165) is 0 Å². The Morgan fingerprint density at radius 2 is 2.00 bits per heavy atom. The van der Waals surface area contributed by atoms with Crippen molar-refractivity contribution in [3.8, 4) is 0 Å². The monoisotopic (exact) mass is 283 g/mol. The molecule has 0 amide bonds. The van der Waals surface area contributed by atoms with Crippen LogP contribution in [-0.4, -0.2) is 26.0 Å². The molecule has 6 heteroatoms. The zero-order chi connectivity index (χ0) is 14.6. The first kappa shape index (κ1) is 15.4. The van der Waals surface area contributed by atoms with Crippen molar-refractivity contribution in [3.05, 3.63) is 41.0 Å². The summed E-state index contributed by atoms with van der Waals surface area (Å²) in [5.41, 5.74) is 1.15. The predicted molar refractivity (Wildman–Crippen MR) is 72.9 cm³/mol. The third kappa shape index (κ3) is 3.65. The molecule has 0 saturated carbocycles. The third-order valence-corrected chi connectivity index (χ3v) is 4.33. The molecule has 0 unspecified atom stereocenters. The summed E-state index contributed by atoms with van der Waals surface area (Å²) in [7, 11) is -3.71. The number of carboxylic acids is 1. The molecule has 0 aliphatic carbocycles. The summed E-state index contributed by atoms with van der Waals surface area (Å²) in [6.07, 6.45) is 3.40. The molecule has 1 aromatic carbocycles. The summed E-state index contributed by atoms with van der Waals surface area (Å²) in [6, 6.07) is 2.64. The molecule has 1 aromatic rings. The summed E-state index contributed by atoms with van der Waals surface area (Å²) in [5.74, 6) is -1.15. The summed E-state index contributed by atoms with van der Waals surface area (Å²) in [6.45, 7) is 5.31. The lowest BCUT2D eigenvalue weighted by molar-refractivity contribution is 0.0696. The number of nitrogens with one attached hydrogen (secondary N) is 1. The first-order valence-electron chi connectivity index (χ1n) is 5.75. The van der Waals surface area contributed by atoms with E-state index in [-0.39, 0.29) is 17.0 Å². The molecular formula is C13H17NO4S. The van der Waals surface area contributed by atoms with Gasteiger partial charge in [-0.05, 0) is 44.0 Å². The van der Waals surface area contributed by atoms with Crippen LogP contribution in [0, 0.1) is 13.8 Å². The number of benzene rings is 1. The number of carbonyl (C=O) groups is 1. The number of allylic oxidation sites excluding steroid dienone is 1. The van der Waals surface area contributed by atoms with Gasteiger partial charge in [-0.3, -0.25) is 0 Å². The van der Waals surface area contributed by atoms with Crippen molar-refractivity contribution in [1.29, 1.82) is 0 Å². The molecule has 0 aromatic heterocycles. The van der Waals surface area contributed by atoms with E-state index in [1.165, 1.54) is 12.1 Å². The van der Waals surface area contributed by atoms with E-state index in [1.807, 2.05) is 0 Å². The number of rotatable bonds is 5. The van der Waals surface area contributed by atoms with Crippen molar-refractivity contribution in [1.82, 2.24) is 4.72 Å². The molecule has 0 atom stereocenters. The van der Waals surface area contributed by atoms with Crippen LogP contribution in [0.3, 0.4) is 0 Å². The zero-order valence-corrected chi connectivity index (χ0v) is 11.9. The van der Waals surface area contributed by atoms with E-state index in [2.05, 4.69) is 4.72 Å². The molecule has 0 spiro atoms. The number of aromatic carboxylic acids is 1. The summed E-state index contributed by atoms with van der Waals surface area (Å²) >= 11 is 0. The minimum atomic E-state index is -3.71. The van der Waals surface area contributed by atoms with Crippen LogP contribution >= 0.6 is 0 Å². The number of sulfonamides is 1. The SMILES string of the molecule is C/C=C/CNS(=O)(=O)c1cc(C(=O)O)cc(C)c1C. The highest BCUT2D eigenvalue weighted by molar-refractivity contribution is 7.89. The van der Waals surface area contributed by atoms with Crippen molar-refractivity contribution in [2.75, 3.05) is 6.54 Å². The molecule has 0 fully saturated rings. The van der Waals surface area contributed by atoms with Crippen molar-refractivity contribution < 1.29 is 18.3 Å². The van der Waals surface area contributed by atoms with Gasteiger partial charge in [-0.25, -0.2) is 17.9 Å². The van der Waals surface area contributed by atoms with Gasteiger partial charge in [-0.2, -0.15) is 0 Å². The zero-order valence-electron chi connectivity index (χ0n) is 11.1. The Morgan fingerprint density at radius 3 is 2.53 bits per heavy atom. The van der Waals surface area contributed by atoms with E-state index in [4.69, 9.17) is 5.11 Å². The number of hydrogen-bond acceptors (Lipinski definition) is 3. The maximum Gasteiger partial charge on any atom is 0.335 e. The normalized spacial score (nSPS) is 11.9. The van der Waals surface area contributed by atoms with Crippen LogP contribution in [0.2, 0.25) is 0 Å². The maximum absolute atomic E-state index is 12.1. The molecule has 0 saturated heterocycles. The minimum absolute atomic E-state index is 0.00871. The molecule has 0 aliphatic heterocycles. The van der Waals surface area contributed by atoms with Crippen LogP contribution in [-0.2, 0) is 10.0 Å². The largest absolute Gasteiger partial charge is 0.478 e. The summed E-state index contributed by atoms with van der Waals surface area (Å²) in [4.78, 5) is 11.0. The van der Waals surface area contributed by atoms with Gasteiger partial charge in [0.2, 0.25) is 10.0 Å². The third-order valence-electron chi connectivity index (χ3n) is 2.78. The van der Waals surface area contributed by atoms with Crippen LogP contribution in [0.25, 0.3) is 0 Å². The molecule has 0 aliphatic rings. The molecule has 0 radical (unpaired) electrons. The molecule has 104 valence electrons. The van der Waals surface area contributed by atoms with Crippen LogP contribution in [0.5, 0.6) is 0 Å². The predicted octanol–water partition coefficient (Wildman–Crippen LogP) is 1.86. The highest BCUT2D eigenvalue weighted by Crippen LogP contribution is 2.21. The highest BCUT2D eigenvalue weighted by atomic mass is 32.2. The quantitative estimate of drug-likeness (QED) is 0.808. The maximum atomic E-state index is 12.1. The van der Waals surface area contributed by atoms with Crippen LogP contribution in [0.1, 0.15) is 28.4 Å². The first-order chi connectivity index (χ1) is 8.79. The van der Waals surface area contributed by atoms with E-state index in [1.54, 1.807) is 32.9 Å². The van der Waals surface area contributed by atoms with E-state index in [9.17, 15) is 13.2 Å². The Hall–Kier alpha value is -1.66. The fraction of sp³-hybridized carbons (Fsp3) is 0.308. The van der Waals surface area contributed by atoms with Crippen molar-refractivity contribution in [2.45, 2.75) is 25.7 Å². The second-order valence-electron chi connectivity index (χ2n) is 4.14. The molecule has 5 nitrogen and oxygen atoms in total. The molecule has 2 N–H and O–H groups in total. The fourth-order valence-corrected chi connectivity index (χ4v) is 2.90. The van der Waals surface area contributed by atoms with Crippen molar-refractivity contribution in [3.63, 3.8) is 0 Å². The second kappa shape index (κ2) is 5.99. The molecule has 19 heavy (non-hydrogen) atoms. The summed E-state index contributed by atoms with van der Waals surface area (Å²) < 4.78 is 26.6. The van der Waals surface area contributed by atoms with Crippen LogP contribution < -0.4 is 4.72 Å². The van der Waals surface area contributed by atoms with Gasteiger partial charge in [0.25, 0.3) is 0 Å². The lowest BCUT2D eigenvalue weighted by Crippen LogP contribution is -2.25. The van der Waals surface area contributed by atoms with Crippen LogP contribution in [0.15, 0.2) is 29.2 Å². The van der Waals surface area contributed by atoms with Gasteiger partial charge in [0.15, 0.2) is 0 Å². The molecule has 0 heterocycles. The van der Waals surface area contributed by atoms with Gasteiger partial charge in [0.05, 0.1) is 10.5 Å². The number of hydrogen-bond donors (Lipinski definition) is 2. The van der Waals surface area contributed by atoms with Crippen molar-refractivity contribution >= 4 is 16.0 Å². The average molecular weight is 283 g/mol.